The molecule has 0 aromatic heterocycles. The van der Waals surface area contributed by atoms with Crippen molar-refractivity contribution in [3.63, 3.8) is 0 Å². The molecule has 0 saturated heterocycles. The molecule has 0 heterocycles. The van der Waals surface area contributed by atoms with E-state index >= 15 is 0 Å². The van der Waals surface area contributed by atoms with Crippen LogP contribution in [0.25, 0.3) is 0 Å². The number of aliphatic carboxylic acids is 1. The normalized spacial score (nSPS) is 11.1. The number of anilines is 1. The summed E-state index contributed by atoms with van der Waals surface area (Å²) in [4.78, 5) is 21.2. The minimum Gasteiger partial charge on any atom is -0.549 e. The quantitative estimate of drug-likeness (QED) is 0.398. The van der Waals surface area contributed by atoms with E-state index in [1.807, 2.05) is 12.1 Å². The Balaban J connectivity index is 2.20. The average molecular weight is 388 g/mol. The van der Waals surface area contributed by atoms with Gasteiger partial charge in [-0.25, -0.2) is 0 Å². The first-order chi connectivity index (χ1) is 12.9. The number of benzene rings is 2. The molecule has 0 fully saturated rings. The Hall–Kier alpha value is -3.07. The van der Waals surface area contributed by atoms with Crippen LogP contribution >= 0.6 is 11.8 Å². The number of para-hydroxylation sites is 2. The molecule has 2 aromatic rings. The Morgan fingerprint density at radius 2 is 2.04 bits per heavy atom. The maximum Gasteiger partial charge on any atom is 0.294 e. The molecular formula is C18H18N3O5S-. The molecule has 9 heteroatoms. The summed E-state index contributed by atoms with van der Waals surface area (Å²) in [5, 5.41) is 25.9. The van der Waals surface area contributed by atoms with E-state index in [0.29, 0.717) is 22.9 Å². The van der Waals surface area contributed by atoms with E-state index in [1.54, 1.807) is 38.3 Å². The summed E-state index contributed by atoms with van der Waals surface area (Å²) in [6.45, 7) is 1.77. The number of hydrogen-bond donors (Lipinski definition) is 1. The maximum atomic E-state index is 11.1. The molecule has 0 amide bonds. The third kappa shape index (κ3) is 5.71. The monoisotopic (exact) mass is 388 g/mol. The van der Waals surface area contributed by atoms with Crippen molar-refractivity contribution in [3.05, 3.63) is 63.7 Å². The summed E-state index contributed by atoms with van der Waals surface area (Å²) in [5.41, 5.74) is 5.17. The molecule has 0 bridgehead atoms. The van der Waals surface area contributed by atoms with Crippen LogP contribution in [0, 0.1) is 10.1 Å². The van der Waals surface area contributed by atoms with Gasteiger partial charge in [0.25, 0.3) is 5.69 Å². The zero-order valence-electron chi connectivity index (χ0n) is 14.8. The van der Waals surface area contributed by atoms with Crippen molar-refractivity contribution >= 4 is 34.8 Å². The van der Waals surface area contributed by atoms with Crippen molar-refractivity contribution in [2.24, 2.45) is 5.10 Å². The SMILES string of the molecule is COc1ccc(/C(C)=N\Nc2ccccc2[N+](=O)[O-])cc1CSCC(=O)[O-]. The van der Waals surface area contributed by atoms with Crippen LogP contribution in [0.5, 0.6) is 5.75 Å². The Labute approximate surface area is 160 Å². The van der Waals surface area contributed by atoms with E-state index in [4.69, 9.17) is 4.74 Å². The second-order valence-corrected chi connectivity index (χ2v) is 6.46. The van der Waals surface area contributed by atoms with E-state index in [2.05, 4.69) is 10.5 Å². The van der Waals surface area contributed by atoms with Crippen LogP contribution < -0.4 is 15.3 Å². The van der Waals surface area contributed by atoms with Gasteiger partial charge in [0.15, 0.2) is 0 Å². The van der Waals surface area contributed by atoms with Gasteiger partial charge in [0.2, 0.25) is 0 Å². The van der Waals surface area contributed by atoms with E-state index < -0.39 is 10.9 Å². The Morgan fingerprint density at radius 1 is 1.30 bits per heavy atom. The lowest BCUT2D eigenvalue weighted by molar-refractivity contribution is -0.384. The molecule has 2 aromatic carbocycles. The van der Waals surface area contributed by atoms with Gasteiger partial charge in [0, 0.05) is 23.1 Å². The van der Waals surface area contributed by atoms with Crippen molar-refractivity contribution < 1.29 is 19.6 Å². The largest absolute Gasteiger partial charge is 0.549 e. The number of carboxylic acids is 1. The molecule has 0 atom stereocenters. The fourth-order valence-electron chi connectivity index (χ4n) is 2.30. The third-order valence-electron chi connectivity index (χ3n) is 3.62. The van der Waals surface area contributed by atoms with Gasteiger partial charge in [-0.1, -0.05) is 12.1 Å². The number of carbonyl (C=O) groups excluding carboxylic acids is 1. The molecule has 0 aliphatic heterocycles. The number of carboxylic acid groups (broad SMARTS) is 1. The van der Waals surface area contributed by atoms with Gasteiger partial charge < -0.3 is 14.6 Å². The molecule has 142 valence electrons. The van der Waals surface area contributed by atoms with Gasteiger partial charge in [-0.15, -0.1) is 0 Å². The number of hydrogen-bond acceptors (Lipinski definition) is 8. The highest BCUT2D eigenvalue weighted by molar-refractivity contribution is 7.99. The maximum absolute atomic E-state index is 11.1. The smallest absolute Gasteiger partial charge is 0.294 e. The van der Waals surface area contributed by atoms with E-state index in [1.165, 1.54) is 17.8 Å². The highest BCUT2D eigenvalue weighted by Crippen LogP contribution is 2.26. The number of thioether (sulfide) groups is 1. The van der Waals surface area contributed by atoms with Crippen LogP contribution in [0.4, 0.5) is 11.4 Å². The number of nitro groups is 1. The van der Waals surface area contributed by atoms with Crippen LogP contribution in [-0.2, 0) is 10.5 Å². The lowest BCUT2D eigenvalue weighted by atomic mass is 10.1. The Morgan fingerprint density at radius 3 is 2.70 bits per heavy atom. The van der Waals surface area contributed by atoms with Gasteiger partial charge >= 0.3 is 0 Å². The topological polar surface area (TPSA) is 117 Å². The zero-order chi connectivity index (χ0) is 19.8. The number of ether oxygens (including phenoxy) is 1. The average Bonchev–Trinajstić information content (AvgIpc) is 2.65. The van der Waals surface area contributed by atoms with Gasteiger partial charge in [-0.3, -0.25) is 15.5 Å². The molecular weight excluding hydrogens is 370 g/mol. The van der Waals surface area contributed by atoms with Crippen molar-refractivity contribution in [2.75, 3.05) is 18.3 Å². The highest BCUT2D eigenvalue weighted by Gasteiger charge is 2.12. The number of hydrazone groups is 1. The summed E-state index contributed by atoms with van der Waals surface area (Å²) in [7, 11) is 1.54. The first-order valence-corrected chi connectivity index (χ1v) is 9.06. The van der Waals surface area contributed by atoms with Crippen molar-refractivity contribution in [1.82, 2.24) is 0 Å². The Bertz CT molecular complexity index is 870. The minimum atomic E-state index is -1.12. The summed E-state index contributed by atoms with van der Waals surface area (Å²) in [6, 6.07) is 11.7. The van der Waals surface area contributed by atoms with Crippen molar-refractivity contribution in [2.45, 2.75) is 12.7 Å². The van der Waals surface area contributed by atoms with Crippen LogP contribution in [-0.4, -0.2) is 29.5 Å². The minimum absolute atomic E-state index is 0.0665. The second-order valence-electron chi connectivity index (χ2n) is 5.47. The fraction of sp³-hybridized carbons (Fsp3) is 0.222. The summed E-state index contributed by atoms with van der Waals surface area (Å²) in [6.07, 6.45) is 0. The first-order valence-electron chi connectivity index (χ1n) is 7.91. The second kappa shape index (κ2) is 9.58. The number of nitrogens with one attached hydrogen (secondary N) is 1. The first kappa shape index (κ1) is 20.2. The van der Waals surface area contributed by atoms with E-state index in [9.17, 15) is 20.0 Å². The van der Waals surface area contributed by atoms with Gasteiger partial charge in [0.1, 0.15) is 11.4 Å². The molecule has 0 unspecified atom stereocenters. The number of methoxy groups -OCH3 is 1. The van der Waals surface area contributed by atoms with Crippen LogP contribution in [0.2, 0.25) is 0 Å². The predicted molar refractivity (Wildman–Crippen MR) is 103 cm³/mol. The molecule has 0 saturated carbocycles. The number of nitro benzene ring substituents is 1. The summed E-state index contributed by atoms with van der Waals surface area (Å²) in [5.74, 6) is -0.152. The van der Waals surface area contributed by atoms with Crippen molar-refractivity contribution in [1.29, 1.82) is 0 Å². The molecule has 0 aliphatic carbocycles. The Kier molecular flexibility index (Phi) is 7.18. The standard InChI is InChI=1S/C18H19N3O5S/c1-12(19-20-15-5-3-4-6-16(15)21(24)25)13-7-8-17(26-2)14(9-13)10-27-11-18(22)23/h3-9,20H,10-11H2,1-2H3,(H,22,23)/p-1/b19-12-. The van der Waals surface area contributed by atoms with E-state index in [0.717, 1.165) is 11.1 Å². The van der Waals surface area contributed by atoms with Crippen LogP contribution in [0.1, 0.15) is 18.1 Å². The molecule has 1 N–H and O–H groups in total. The van der Waals surface area contributed by atoms with E-state index in [-0.39, 0.29) is 11.4 Å². The van der Waals surface area contributed by atoms with Gasteiger partial charge in [-0.2, -0.15) is 16.9 Å². The van der Waals surface area contributed by atoms with Gasteiger partial charge in [-0.05, 0) is 36.8 Å². The lowest BCUT2D eigenvalue weighted by Gasteiger charge is -2.11. The summed E-state index contributed by atoms with van der Waals surface area (Å²) >= 11 is 1.21. The van der Waals surface area contributed by atoms with Crippen LogP contribution in [0.15, 0.2) is 47.6 Å². The molecule has 0 spiro atoms. The number of nitrogens with zero attached hydrogens (tertiary/aromatic N) is 2. The molecule has 0 radical (unpaired) electrons. The molecule has 2 rings (SSSR count). The van der Waals surface area contributed by atoms with Crippen molar-refractivity contribution in [3.8, 4) is 5.75 Å². The molecule has 0 aliphatic rings. The lowest BCUT2D eigenvalue weighted by Crippen LogP contribution is -2.24. The molecule has 27 heavy (non-hydrogen) atoms. The number of rotatable bonds is 9. The number of carbonyl (C=O) groups is 1. The third-order valence-corrected chi connectivity index (χ3v) is 4.58. The molecule has 8 nitrogen and oxygen atoms in total. The van der Waals surface area contributed by atoms with Crippen LogP contribution in [0.3, 0.4) is 0 Å². The highest BCUT2D eigenvalue weighted by atomic mass is 32.2. The predicted octanol–water partition coefficient (Wildman–Crippen LogP) is 2.42. The summed E-state index contributed by atoms with van der Waals surface area (Å²) < 4.78 is 5.30. The fourth-order valence-corrected chi connectivity index (χ4v) is 3.01. The van der Waals surface area contributed by atoms with Gasteiger partial charge in [0.05, 0.1) is 23.7 Å². The zero-order valence-corrected chi connectivity index (χ0v) is 15.6.